The van der Waals surface area contributed by atoms with Crippen LogP contribution in [0.25, 0.3) is 10.8 Å². The average Bonchev–Trinajstić information content (AvgIpc) is 3.31. The van der Waals surface area contributed by atoms with Gasteiger partial charge in [0.05, 0.1) is 12.2 Å². The second-order valence-corrected chi connectivity index (χ2v) is 7.08. The lowest BCUT2D eigenvalue weighted by atomic mass is 9.93. The van der Waals surface area contributed by atoms with Crippen LogP contribution in [0.5, 0.6) is 0 Å². The molecule has 0 aliphatic rings. The first-order valence-corrected chi connectivity index (χ1v) is 9.72. The number of hydrogen-bond acceptors (Lipinski definition) is 2. The van der Waals surface area contributed by atoms with Gasteiger partial charge in [-0.15, -0.1) is 0 Å². The monoisotopic (exact) mass is 381 g/mol. The minimum Gasteiger partial charge on any atom is -0.469 e. The van der Waals surface area contributed by atoms with Crippen molar-refractivity contribution in [3.05, 3.63) is 121 Å². The summed E-state index contributed by atoms with van der Waals surface area (Å²) in [5.41, 5.74) is 2.20. The SMILES string of the molecule is C=CC(=O)N(Cc1ccccc1)CC(c1ccc2ccccc2c1)c1ccco1. The van der Waals surface area contributed by atoms with E-state index in [4.69, 9.17) is 4.42 Å². The fourth-order valence-electron chi connectivity index (χ4n) is 3.66. The number of rotatable bonds is 7. The summed E-state index contributed by atoms with van der Waals surface area (Å²) in [6.45, 7) is 4.72. The molecule has 3 heteroatoms. The van der Waals surface area contributed by atoms with Crippen molar-refractivity contribution in [3.8, 4) is 0 Å². The molecule has 1 aromatic heterocycles. The Labute approximate surface area is 170 Å². The lowest BCUT2D eigenvalue weighted by Gasteiger charge is -2.26. The number of carbonyl (C=O) groups excluding carboxylic acids is 1. The molecule has 1 amide bonds. The van der Waals surface area contributed by atoms with Crippen LogP contribution in [-0.2, 0) is 11.3 Å². The number of fused-ring (bicyclic) bond motifs is 1. The van der Waals surface area contributed by atoms with Crippen molar-refractivity contribution in [2.45, 2.75) is 12.5 Å². The van der Waals surface area contributed by atoms with Gasteiger partial charge in [0.1, 0.15) is 5.76 Å². The topological polar surface area (TPSA) is 33.5 Å². The largest absolute Gasteiger partial charge is 0.469 e. The van der Waals surface area contributed by atoms with Crippen LogP contribution < -0.4 is 0 Å². The van der Waals surface area contributed by atoms with Gasteiger partial charge in [-0.3, -0.25) is 4.79 Å². The van der Waals surface area contributed by atoms with E-state index in [1.54, 1.807) is 6.26 Å². The number of benzene rings is 3. The summed E-state index contributed by atoms with van der Waals surface area (Å²) in [5.74, 6) is 0.684. The highest BCUT2D eigenvalue weighted by atomic mass is 16.3. The van der Waals surface area contributed by atoms with Crippen LogP contribution in [0.2, 0.25) is 0 Å². The van der Waals surface area contributed by atoms with Gasteiger partial charge in [0.2, 0.25) is 5.91 Å². The molecule has 0 saturated heterocycles. The Morgan fingerprint density at radius 3 is 2.41 bits per heavy atom. The molecule has 4 rings (SSSR count). The lowest BCUT2D eigenvalue weighted by Crippen LogP contribution is -2.33. The molecule has 1 unspecified atom stereocenters. The molecule has 0 aliphatic carbocycles. The highest BCUT2D eigenvalue weighted by Gasteiger charge is 2.23. The maximum atomic E-state index is 12.6. The number of carbonyl (C=O) groups is 1. The van der Waals surface area contributed by atoms with E-state index >= 15 is 0 Å². The molecule has 0 fully saturated rings. The number of furan rings is 1. The van der Waals surface area contributed by atoms with Crippen molar-refractivity contribution >= 4 is 16.7 Å². The van der Waals surface area contributed by atoms with Gasteiger partial charge >= 0.3 is 0 Å². The Bertz CT molecular complexity index is 1100. The molecular weight excluding hydrogens is 358 g/mol. The molecule has 0 aliphatic heterocycles. The predicted molar refractivity (Wildman–Crippen MR) is 117 cm³/mol. The van der Waals surface area contributed by atoms with E-state index in [0.717, 1.165) is 16.9 Å². The smallest absolute Gasteiger partial charge is 0.246 e. The van der Waals surface area contributed by atoms with Gasteiger partial charge in [-0.05, 0) is 40.1 Å². The average molecular weight is 381 g/mol. The van der Waals surface area contributed by atoms with E-state index in [0.29, 0.717) is 13.1 Å². The molecule has 0 saturated carbocycles. The van der Waals surface area contributed by atoms with E-state index in [2.05, 4.69) is 36.9 Å². The minimum absolute atomic E-state index is 0.0674. The molecule has 3 aromatic carbocycles. The van der Waals surface area contributed by atoms with Crippen LogP contribution in [0.4, 0.5) is 0 Å². The van der Waals surface area contributed by atoms with Crippen LogP contribution in [-0.4, -0.2) is 17.4 Å². The van der Waals surface area contributed by atoms with Crippen LogP contribution in [0.3, 0.4) is 0 Å². The summed E-state index contributed by atoms with van der Waals surface area (Å²) in [7, 11) is 0. The molecule has 0 spiro atoms. The number of hydrogen-bond donors (Lipinski definition) is 0. The number of nitrogens with zero attached hydrogens (tertiary/aromatic N) is 1. The first kappa shape index (κ1) is 18.8. The van der Waals surface area contributed by atoms with Crippen molar-refractivity contribution in [2.24, 2.45) is 0 Å². The zero-order chi connectivity index (χ0) is 20.1. The summed E-state index contributed by atoms with van der Waals surface area (Å²) in [6.07, 6.45) is 3.06. The van der Waals surface area contributed by atoms with Crippen molar-refractivity contribution < 1.29 is 9.21 Å². The third kappa shape index (κ3) is 4.30. The van der Waals surface area contributed by atoms with Crippen molar-refractivity contribution in [1.29, 1.82) is 0 Å². The second kappa shape index (κ2) is 8.61. The molecule has 0 radical (unpaired) electrons. The molecule has 4 aromatic rings. The highest BCUT2D eigenvalue weighted by Crippen LogP contribution is 2.29. The Kier molecular flexibility index (Phi) is 5.57. The normalized spacial score (nSPS) is 11.9. The van der Waals surface area contributed by atoms with Gasteiger partial charge in [-0.1, -0.05) is 79.4 Å². The molecule has 0 bridgehead atoms. The van der Waals surface area contributed by atoms with Gasteiger partial charge in [0.25, 0.3) is 0 Å². The first-order valence-electron chi connectivity index (χ1n) is 9.72. The van der Waals surface area contributed by atoms with Gasteiger partial charge < -0.3 is 9.32 Å². The third-order valence-electron chi connectivity index (χ3n) is 5.17. The number of amides is 1. The van der Waals surface area contributed by atoms with Gasteiger partial charge in [0.15, 0.2) is 0 Å². The summed E-state index contributed by atoms with van der Waals surface area (Å²) in [6, 6.07) is 28.6. The van der Waals surface area contributed by atoms with Crippen molar-refractivity contribution in [3.63, 3.8) is 0 Å². The maximum Gasteiger partial charge on any atom is 0.246 e. The van der Waals surface area contributed by atoms with Crippen LogP contribution >= 0.6 is 0 Å². The van der Waals surface area contributed by atoms with Gasteiger partial charge in [-0.2, -0.15) is 0 Å². The fraction of sp³-hybridized carbons (Fsp3) is 0.115. The highest BCUT2D eigenvalue weighted by molar-refractivity contribution is 5.87. The Hall–Kier alpha value is -3.59. The second-order valence-electron chi connectivity index (χ2n) is 7.08. The molecule has 29 heavy (non-hydrogen) atoms. The van der Waals surface area contributed by atoms with E-state index in [9.17, 15) is 4.79 Å². The van der Waals surface area contributed by atoms with Crippen molar-refractivity contribution in [2.75, 3.05) is 6.54 Å². The maximum absolute atomic E-state index is 12.6. The first-order chi connectivity index (χ1) is 14.2. The summed E-state index contributed by atoms with van der Waals surface area (Å²) >= 11 is 0. The Balaban J connectivity index is 1.70. The molecule has 144 valence electrons. The molecule has 3 nitrogen and oxygen atoms in total. The molecule has 1 heterocycles. The summed E-state index contributed by atoms with van der Waals surface area (Å²) in [4.78, 5) is 14.5. The molecule has 1 atom stereocenters. The standard InChI is InChI=1S/C26H23NO2/c1-2-26(28)27(18-20-9-4-3-5-10-20)19-24(25-13-8-16-29-25)23-15-14-21-11-6-7-12-22(21)17-23/h2-17,24H,1,18-19H2. The Morgan fingerprint density at radius 1 is 0.931 bits per heavy atom. The molecular formula is C26H23NO2. The van der Waals surface area contributed by atoms with Gasteiger partial charge in [0, 0.05) is 13.1 Å². The van der Waals surface area contributed by atoms with E-state index < -0.39 is 0 Å². The summed E-state index contributed by atoms with van der Waals surface area (Å²) in [5, 5.41) is 2.36. The van der Waals surface area contributed by atoms with E-state index in [1.165, 1.54) is 16.8 Å². The zero-order valence-corrected chi connectivity index (χ0v) is 16.2. The predicted octanol–water partition coefficient (Wildman–Crippen LogP) is 5.78. The van der Waals surface area contributed by atoms with Gasteiger partial charge in [-0.25, -0.2) is 0 Å². The Morgan fingerprint density at radius 2 is 1.69 bits per heavy atom. The van der Waals surface area contributed by atoms with Crippen LogP contribution in [0.15, 0.2) is 108 Å². The summed E-state index contributed by atoms with van der Waals surface area (Å²) < 4.78 is 5.76. The third-order valence-corrected chi connectivity index (χ3v) is 5.17. The zero-order valence-electron chi connectivity index (χ0n) is 16.2. The minimum atomic E-state index is -0.0915. The fourth-order valence-corrected chi connectivity index (χ4v) is 3.66. The lowest BCUT2D eigenvalue weighted by molar-refractivity contribution is -0.126. The van der Waals surface area contributed by atoms with Crippen LogP contribution in [0.1, 0.15) is 22.8 Å². The quantitative estimate of drug-likeness (QED) is 0.380. The molecule has 0 N–H and O–H groups in total. The van der Waals surface area contributed by atoms with E-state index in [-0.39, 0.29) is 11.8 Å². The van der Waals surface area contributed by atoms with E-state index in [1.807, 2.05) is 59.5 Å². The van der Waals surface area contributed by atoms with Crippen LogP contribution in [0, 0.1) is 0 Å². The van der Waals surface area contributed by atoms with Crippen molar-refractivity contribution in [1.82, 2.24) is 4.90 Å².